The van der Waals surface area contributed by atoms with Crippen molar-refractivity contribution in [2.75, 3.05) is 7.05 Å². The number of rotatable bonds is 4. The first-order valence-electron chi connectivity index (χ1n) is 6.82. The Morgan fingerprint density at radius 1 is 1.39 bits per heavy atom. The van der Waals surface area contributed by atoms with Crippen LogP contribution < -0.4 is 5.32 Å². The van der Waals surface area contributed by atoms with Gasteiger partial charge in [0.15, 0.2) is 0 Å². The molecule has 1 aromatic rings. The summed E-state index contributed by atoms with van der Waals surface area (Å²) < 4.78 is 13.8. The third-order valence-corrected chi connectivity index (χ3v) is 5.36. The van der Waals surface area contributed by atoms with Gasteiger partial charge in [0.2, 0.25) is 0 Å². The van der Waals surface area contributed by atoms with Crippen LogP contribution in [0.4, 0.5) is 4.39 Å². The van der Waals surface area contributed by atoms with Crippen LogP contribution in [0.15, 0.2) is 22.7 Å². The van der Waals surface area contributed by atoms with Gasteiger partial charge >= 0.3 is 0 Å². The monoisotopic (exact) mass is 311 g/mol. The third kappa shape index (κ3) is 2.23. The average molecular weight is 312 g/mol. The molecule has 2 aliphatic carbocycles. The Morgan fingerprint density at radius 2 is 2.11 bits per heavy atom. The van der Waals surface area contributed by atoms with Crippen molar-refractivity contribution >= 4 is 15.9 Å². The molecule has 0 heterocycles. The van der Waals surface area contributed by atoms with Gasteiger partial charge in [-0.05, 0) is 77.7 Å². The Bertz CT molecular complexity index is 438. The smallest absolute Gasteiger partial charge is 0.137 e. The van der Waals surface area contributed by atoms with E-state index in [2.05, 4.69) is 28.3 Å². The van der Waals surface area contributed by atoms with Gasteiger partial charge in [-0.15, -0.1) is 0 Å². The van der Waals surface area contributed by atoms with E-state index >= 15 is 0 Å². The van der Waals surface area contributed by atoms with Crippen LogP contribution >= 0.6 is 15.9 Å². The Kier molecular flexibility index (Phi) is 3.46. The zero-order valence-corrected chi connectivity index (χ0v) is 12.2. The number of benzene rings is 1. The van der Waals surface area contributed by atoms with Crippen LogP contribution in [-0.4, -0.2) is 13.1 Å². The van der Waals surface area contributed by atoms with Crippen molar-refractivity contribution in [2.45, 2.75) is 31.7 Å². The van der Waals surface area contributed by atoms with Gasteiger partial charge in [-0.25, -0.2) is 4.39 Å². The van der Waals surface area contributed by atoms with Gasteiger partial charge < -0.3 is 5.32 Å². The first-order chi connectivity index (χ1) is 8.70. The molecule has 0 radical (unpaired) electrons. The third-order valence-electron chi connectivity index (χ3n) is 4.75. The molecule has 0 saturated heterocycles. The van der Waals surface area contributed by atoms with E-state index in [1.165, 1.54) is 24.8 Å². The number of hydrogen-bond acceptors (Lipinski definition) is 1. The number of fused-ring (bicyclic) bond motifs is 1. The van der Waals surface area contributed by atoms with E-state index in [9.17, 15) is 4.39 Å². The maximum absolute atomic E-state index is 13.2. The first-order valence-corrected chi connectivity index (χ1v) is 7.61. The molecule has 3 atom stereocenters. The standard InChI is InChI=1S/C15H19BrFN/c1-18-14(15-10-3-2-4-11(10)15)8-9-5-6-13(17)12(16)7-9/h5-7,10-11,14-15,18H,2-4,8H2,1H3. The van der Waals surface area contributed by atoms with Crippen molar-refractivity contribution in [1.29, 1.82) is 0 Å². The van der Waals surface area contributed by atoms with Crippen LogP contribution in [0.5, 0.6) is 0 Å². The lowest BCUT2D eigenvalue weighted by atomic mass is 9.97. The highest BCUT2D eigenvalue weighted by Gasteiger charge is 2.55. The fourth-order valence-corrected chi connectivity index (χ4v) is 4.25. The topological polar surface area (TPSA) is 12.0 Å². The van der Waals surface area contributed by atoms with E-state index in [4.69, 9.17) is 0 Å². The molecule has 3 rings (SSSR count). The maximum Gasteiger partial charge on any atom is 0.137 e. The summed E-state index contributed by atoms with van der Waals surface area (Å²) >= 11 is 3.26. The molecule has 1 N–H and O–H groups in total. The van der Waals surface area contributed by atoms with Crippen molar-refractivity contribution in [2.24, 2.45) is 17.8 Å². The van der Waals surface area contributed by atoms with E-state index in [0.717, 1.165) is 24.2 Å². The molecule has 0 amide bonds. The van der Waals surface area contributed by atoms with Crippen LogP contribution in [0, 0.1) is 23.6 Å². The SMILES string of the molecule is CNC(Cc1ccc(F)c(Br)c1)C1C2CCCC21. The Labute approximate surface area is 116 Å². The van der Waals surface area contributed by atoms with Crippen molar-refractivity contribution in [3.05, 3.63) is 34.1 Å². The highest BCUT2D eigenvalue weighted by Crippen LogP contribution is 2.59. The molecule has 18 heavy (non-hydrogen) atoms. The van der Waals surface area contributed by atoms with Gasteiger partial charge in [0.1, 0.15) is 5.82 Å². The van der Waals surface area contributed by atoms with Crippen LogP contribution in [0.3, 0.4) is 0 Å². The fourth-order valence-electron chi connectivity index (χ4n) is 3.82. The second kappa shape index (κ2) is 4.93. The molecule has 1 nitrogen and oxygen atoms in total. The molecule has 98 valence electrons. The lowest BCUT2D eigenvalue weighted by Gasteiger charge is -2.18. The molecular weight excluding hydrogens is 293 g/mol. The second-order valence-electron chi connectivity index (χ2n) is 5.68. The van der Waals surface area contributed by atoms with Crippen molar-refractivity contribution in [3.63, 3.8) is 0 Å². The van der Waals surface area contributed by atoms with Crippen molar-refractivity contribution in [1.82, 2.24) is 5.32 Å². The zero-order chi connectivity index (χ0) is 12.7. The predicted molar refractivity (Wildman–Crippen MR) is 75.0 cm³/mol. The van der Waals surface area contributed by atoms with Gasteiger partial charge in [-0.2, -0.15) is 0 Å². The number of likely N-dealkylation sites (N-methyl/N-ethyl adjacent to an activating group) is 1. The molecule has 3 heteroatoms. The van der Waals surface area contributed by atoms with Crippen LogP contribution in [-0.2, 0) is 6.42 Å². The van der Waals surface area contributed by atoms with Gasteiger partial charge in [0.05, 0.1) is 4.47 Å². The molecule has 2 fully saturated rings. The average Bonchev–Trinajstić information content (AvgIpc) is 2.83. The number of nitrogens with one attached hydrogen (secondary N) is 1. The summed E-state index contributed by atoms with van der Waals surface area (Å²) in [5.41, 5.74) is 1.22. The largest absolute Gasteiger partial charge is 0.316 e. The number of hydrogen-bond donors (Lipinski definition) is 1. The maximum atomic E-state index is 13.2. The molecule has 0 aliphatic heterocycles. The molecule has 2 saturated carbocycles. The summed E-state index contributed by atoms with van der Waals surface area (Å²) in [5.74, 6) is 2.60. The molecule has 0 aromatic heterocycles. The summed E-state index contributed by atoms with van der Waals surface area (Å²) in [7, 11) is 2.05. The predicted octanol–water partition coefficient (Wildman–Crippen LogP) is 3.76. The van der Waals surface area contributed by atoms with E-state index in [0.29, 0.717) is 10.5 Å². The van der Waals surface area contributed by atoms with Gasteiger partial charge in [0, 0.05) is 6.04 Å². The summed E-state index contributed by atoms with van der Waals surface area (Å²) in [5, 5.41) is 3.47. The Balaban J connectivity index is 1.68. The molecular formula is C15H19BrFN. The Morgan fingerprint density at radius 3 is 2.72 bits per heavy atom. The highest BCUT2D eigenvalue weighted by molar-refractivity contribution is 9.10. The zero-order valence-electron chi connectivity index (χ0n) is 10.6. The Hall–Kier alpha value is -0.410. The quantitative estimate of drug-likeness (QED) is 0.892. The van der Waals surface area contributed by atoms with Crippen LogP contribution in [0.1, 0.15) is 24.8 Å². The minimum absolute atomic E-state index is 0.178. The van der Waals surface area contributed by atoms with Gasteiger partial charge in [-0.3, -0.25) is 0 Å². The summed E-state index contributed by atoms with van der Waals surface area (Å²) in [6.45, 7) is 0. The molecule has 0 bridgehead atoms. The van der Waals surface area contributed by atoms with E-state index in [-0.39, 0.29) is 5.82 Å². The lowest BCUT2D eigenvalue weighted by Crippen LogP contribution is -2.31. The van der Waals surface area contributed by atoms with Crippen LogP contribution in [0.2, 0.25) is 0 Å². The van der Waals surface area contributed by atoms with Gasteiger partial charge in [0.25, 0.3) is 0 Å². The van der Waals surface area contributed by atoms with E-state index in [1.54, 1.807) is 6.07 Å². The molecule has 0 spiro atoms. The van der Waals surface area contributed by atoms with E-state index in [1.807, 2.05) is 12.1 Å². The normalized spacial score (nSPS) is 31.2. The van der Waals surface area contributed by atoms with Crippen molar-refractivity contribution < 1.29 is 4.39 Å². The fraction of sp³-hybridized carbons (Fsp3) is 0.600. The minimum atomic E-state index is -0.178. The summed E-state index contributed by atoms with van der Waals surface area (Å²) in [4.78, 5) is 0. The minimum Gasteiger partial charge on any atom is -0.316 e. The van der Waals surface area contributed by atoms with E-state index < -0.39 is 0 Å². The van der Waals surface area contributed by atoms with Crippen LogP contribution in [0.25, 0.3) is 0 Å². The number of halogens is 2. The van der Waals surface area contributed by atoms with Gasteiger partial charge in [-0.1, -0.05) is 12.5 Å². The highest BCUT2D eigenvalue weighted by atomic mass is 79.9. The van der Waals surface area contributed by atoms with Crippen molar-refractivity contribution in [3.8, 4) is 0 Å². The second-order valence-corrected chi connectivity index (χ2v) is 6.54. The molecule has 1 aromatic carbocycles. The summed E-state index contributed by atoms with van der Waals surface area (Å²) in [6, 6.07) is 5.93. The first kappa shape index (κ1) is 12.6. The molecule has 3 unspecified atom stereocenters. The summed E-state index contributed by atoms with van der Waals surface area (Å²) in [6.07, 6.45) is 5.26. The lowest BCUT2D eigenvalue weighted by molar-refractivity contribution is 0.428. The molecule has 2 aliphatic rings.